The Hall–Kier alpha value is -1.35. The van der Waals surface area contributed by atoms with Crippen LogP contribution >= 0.6 is 0 Å². The second-order valence-corrected chi connectivity index (χ2v) is 4.31. The number of aryl methyl sites for hydroxylation is 2. The van der Waals surface area contributed by atoms with E-state index in [4.69, 9.17) is 4.98 Å². The second kappa shape index (κ2) is 3.07. The highest BCUT2D eigenvalue weighted by molar-refractivity contribution is 5.80. The molecule has 0 bridgehead atoms. The average molecular weight is 201 g/mol. The number of fused-ring (bicyclic) bond motifs is 3. The maximum Gasteiger partial charge on any atom is 0.123 e. The molecule has 1 aromatic heterocycles. The fourth-order valence-electron chi connectivity index (χ4n) is 2.39. The number of hydrogen-bond acceptors (Lipinski definition) is 2. The zero-order valence-corrected chi connectivity index (χ0v) is 9.17. The van der Waals surface area contributed by atoms with Gasteiger partial charge in [0, 0.05) is 13.1 Å². The third-order valence-corrected chi connectivity index (χ3v) is 3.06. The minimum atomic E-state index is 0.896. The van der Waals surface area contributed by atoms with Crippen LogP contribution in [-0.4, -0.2) is 16.1 Å². The quantitative estimate of drug-likeness (QED) is 0.704. The van der Waals surface area contributed by atoms with Crippen molar-refractivity contribution in [3.05, 3.63) is 29.1 Å². The zero-order valence-electron chi connectivity index (χ0n) is 9.17. The summed E-state index contributed by atoms with van der Waals surface area (Å²) in [7, 11) is 0. The molecule has 1 N–H and O–H groups in total. The molecule has 0 saturated carbocycles. The Bertz CT molecular complexity index is 525. The maximum atomic E-state index is 4.69. The van der Waals surface area contributed by atoms with Crippen LogP contribution in [0.15, 0.2) is 12.1 Å². The molecule has 3 rings (SSSR count). The molecule has 2 aromatic rings. The van der Waals surface area contributed by atoms with Crippen molar-refractivity contribution in [3.8, 4) is 0 Å². The van der Waals surface area contributed by atoms with E-state index in [1.807, 2.05) is 0 Å². The van der Waals surface area contributed by atoms with Crippen molar-refractivity contribution in [2.24, 2.45) is 0 Å². The smallest absolute Gasteiger partial charge is 0.123 e. The Balaban J connectivity index is 2.37. The van der Waals surface area contributed by atoms with Gasteiger partial charge in [-0.3, -0.25) is 0 Å². The zero-order chi connectivity index (χ0) is 10.4. The van der Waals surface area contributed by atoms with Crippen LogP contribution in [0, 0.1) is 13.8 Å². The minimum Gasteiger partial charge on any atom is -0.326 e. The molecule has 0 amide bonds. The predicted octanol–water partition coefficient (Wildman–Crippen LogP) is 1.76. The Morgan fingerprint density at radius 1 is 1.33 bits per heavy atom. The largest absolute Gasteiger partial charge is 0.326 e. The molecule has 2 heterocycles. The summed E-state index contributed by atoms with van der Waals surface area (Å²) in [4.78, 5) is 4.69. The highest BCUT2D eigenvalue weighted by atomic mass is 15.2. The van der Waals surface area contributed by atoms with Gasteiger partial charge in [-0.2, -0.15) is 0 Å². The molecular formula is C12H15N3. The molecule has 0 unspecified atom stereocenters. The van der Waals surface area contributed by atoms with Crippen molar-refractivity contribution >= 4 is 11.0 Å². The van der Waals surface area contributed by atoms with Crippen LogP contribution in [0.3, 0.4) is 0 Å². The van der Waals surface area contributed by atoms with E-state index in [-0.39, 0.29) is 0 Å². The van der Waals surface area contributed by atoms with Gasteiger partial charge in [-0.1, -0.05) is 6.07 Å². The summed E-state index contributed by atoms with van der Waals surface area (Å²) < 4.78 is 2.34. The van der Waals surface area contributed by atoms with Gasteiger partial charge in [-0.05, 0) is 31.0 Å². The van der Waals surface area contributed by atoms with Gasteiger partial charge in [0.05, 0.1) is 17.6 Å². The van der Waals surface area contributed by atoms with Crippen molar-refractivity contribution in [1.29, 1.82) is 0 Å². The summed E-state index contributed by atoms with van der Waals surface area (Å²) in [6, 6.07) is 4.44. The van der Waals surface area contributed by atoms with Crippen LogP contribution in [0.4, 0.5) is 0 Å². The van der Waals surface area contributed by atoms with Crippen molar-refractivity contribution in [2.45, 2.75) is 26.9 Å². The Labute approximate surface area is 89.1 Å². The van der Waals surface area contributed by atoms with Gasteiger partial charge in [0.15, 0.2) is 0 Å². The van der Waals surface area contributed by atoms with E-state index in [0.717, 1.165) is 19.6 Å². The maximum absolute atomic E-state index is 4.69. The number of aromatic nitrogens is 2. The molecule has 0 saturated heterocycles. The molecule has 1 aliphatic rings. The molecule has 0 atom stereocenters. The molecule has 3 heteroatoms. The molecule has 0 fully saturated rings. The highest BCUT2D eigenvalue weighted by Gasteiger charge is 2.15. The summed E-state index contributed by atoms with van der Waals surface area (Å²) in [5, 5.41) is 3.35. The van der Waals surface area contributed by atoms with Gasteiger partial charge < -0.3 is 9.88 Å². The lowest BCUT2D eigenvalue weighted by Crippen LogP contribution is -2.28. The summed E-state index contributed by atoms with van der Waals surface area (Å²) in [6.07, 6.45) is 0. The predicted molar refractivity (Wildman–Crippen MR) is 60.9 cm³/mol. The first-order chi connectivity index (χ1) is 7.25. The van der Waals surface area contributed by atoms with E-state index in [0.29, 0.717) is 0 Å². The van der Waals surface area contributed by atoms with Gasteiger partial charge in [0.2, 0.25) is 0 Å². The highest BCUT2D eigenvalue weighted by Crippen LogP contribution is 2.22. The van der Waals surface area contributed by atoms with Crippen LogP contribution in [0.1, 0.15) is 17.0 Å². The number of rotatable bonds is 0. The fraction of sp³-hybridized carbons (Fsp3) is 0.417. The van der Waals surface area contributed by atoms with Crippen LogP contribution < -0.4 is 5.32 Å². The molecule has 1 aliphatic heterocycles. The molecule has 0 aliphatic carbocycles. The van der Waals surface area contributed by atoms with Crippen LogP contribution in [0.2, 0.25) is 0 Å². The van der Waals surface area contributed by atoms with E-state index >= 15 is 0 Å². The summed E-state index contributed by atoms with van der Waals surface area (Å²) in [5.74, 6) is 1.17. The Kier molecular flexibility index (Phi) is 1.83. The number of imidazole rings is 1. The van der Waals surface area contributed by atoms with Gasteiger partial charge in [-0.15, -0.1) is 0 Å². The molecule has 3 nitrogen and oxygen atoms in total. The number of nitrogens with one attached hydrogen (secondary N) is 1. The molecule has 1 aromatic carbocycles. The first kappa shape index (κ1) is 8.92. The molecular weight excluding hydrogens is 186 g/mol. The van der Waals surface area contributed by atoms with E-state index in [1.54, 1.807) is 0 Å². The van der Waals surface area contributed by atoms with E-state index < -0.39 is 0 Å². The first-order valence-corrected chi connectivity index (χ1v) is 5.43. The van der Waals surface area contributed by atoms with Crippen LogP contribution in [0.5, 0.6) is 0 Å². The monoisotopic (exact) mass is 201 g/mol. The van der Waals surface area contributed by atoms with Gasteiger partial charge in [0.25, 0.3) is 0 Å². The number of hydrogen-bond donors (Lipinski definition) is 1. The van der Waals surface area contributed by atoms with Crippen LogP contribution in [-0.2, 0) is 13.1 Å². The molecule has 0 spiro atoms. The topological polar surface area (TPSA) is 29.9 Å². The first-order valence-electron chi connectivity index (χ1n) is 5.43. The van der Waals surface area contributed by atoms with Crippen LogP contribution in [0.25, 0.3) is 11.0 Å². The molecule has 0 radical (unpaired) electrons. The fourth-order valence-corrected chi connectivity index (χ4v) is 2.39. The Morgan fingerprint density at radius 3 is 3.07 bits per heavy atom. The van der Waals surface area contributed by atoms with Gasteiger partial charge >= 0.3 is 0 Å². The van der Waals surface area contributed by atoms with E-state index in [9.17, 15) is 0 Å². The Morgan fingerprint density at radius 2 is 2.20 bits per heavy atom. The standard InChI is InChI=1S/C12H15N3/c1-8-5-9(2)12-10(6-8)15-4-3-13-7-11(15)14-12/h5-6,13H,3-4,7H2,1-2H3. The normalized spacial score (nSPS) is 15.6. The second-order valence-electron chi connectivity index (χ2n) is 4.31. The summed E-state index contributed by atoms with van der Waals surface area (Å²) in [6.45, 7) is 7.27. The third-order valence-electron chi connectivity index (χ3n) is 3.06. The lowest BCUT2D eigenvalue weighted by molar-refractivity contribution is 0.514. The van der Waals surface area contributed by atoms with Crippen molar-refractivity contribution in [2.75, 3.05) is 6.54 Å². The third kappa shape index (κ3) is 1.27. The van der Waals surface area contributed by atoms with E-state index in [1.165, 1.54) is 28.0 Å². The summed E-state index contributed by atoms with van der Waals surface area (Å²) >= 11 is 0. The van der Waals surface area contributed by atoms with Gasteiger partial charge in [0.1, 0.15) is 5.82 Å². The summed E-state index contributed by atoms with van der Waals surface area (Å²) in [5.41, 5.74) is 5.07. The average Bonchev–Trinajstić information content (AvgIpc) is 2.57. The lowest BCUT2D eigenvalue weighted by Gasteiger charge is -2.15. The van der Waals surface area contributed by atoms with E-state index in [2.05, 4.69) is 35.9 Å². The lowest BCUT2D eigenvalue weighted by atomic mass is 10.1. The molecule has 15 heavy (non-hydrogen) atoms. The number of nitrogens with zero attached hydrogens (tertiary/aromatic N) is 2. The SMILES string of the molecule is Cc1cc(C)c2nc3n(c2c1)CCNC3. The van der Waals surface area contributed by atoms with Crippen molar-refractivity contribution < 1.29 is 0 Å². The van der Waals surface area contributed by atoms with Gasteiger partial charge in [-0.25, -0.2) is 4.98 Å². The van der Waals surface area contributed by atoms with Crippen molar-refractivity contribution in [1.82, 2.24) is 14.9 Å². The van der Waals surface area contributed by atoms with Crippen molar-refractivity contribution in [3.63, 3.8) is 0 Å². The number of benzene rings is 1. The molecule has 78 valence electrons. The minimum absolute atomic E-state index is 0.896.